The number of nitrogens with one attached hydrogen (secondary N) is 1. The minimum absolute atomic E-state index is 0.0435. The lowest BCUT2D eigenvalue weighted by Crippen LogP contribution is -2.25. The Morgan fingerprint density at radius 1 is 1.69 bits per heavy atom. The highest BCUT2D eigenvalue weighted by molar-refractivity contribution is 5.82. The molecule has 0 atom stereocenters. The summed E-state index contributed by atoms with van der Waals surface area (Å²) in [4.78, 5) is 22.7. The summed E-state index contributed by atoms with van der Waals surface area (Å²) in [6, 6.07) is 1.36. The monoisotopic (exact) mass is 181 g/mol. The summed E-state index contributed by atoms with van der Waals surface area (Å²) in [6.45, 7) is 0.250. The van der Waals surface area contributed by atoms with Crippen molar-refractivity contribution in [3.8, 4) is 0 Å². The molecule has 1 aromatic rings. The number of hydrogen-bond acceptors (Lipinski definition) is 3. The molecule has 2 rings (SSSR count). The van der Waals surface area contributed by atoms with E-state index in [0.29, 0.717) is 5.69 Å². The number of aromatic nitrogens is 2. The Morgan fingerprint density at radius 2 is 2.38 bits per heavy atom. The van der Waals surface area contributed by atoms with E-state index in [-0.39, 0.29) is 23.9 Å². The van der Waals surface area contributed by atoms with Crippen molar-refractivity contribution in [3.05, 3.63) is 22.1 Å². The highest BCUT2D eigenvalue weighted by Gasteiger charge is 2.32. The second kappa shape index (κ2) is 2.85. The summed E-state index contributed by atoms with van der Waals surface area (Å²) < 4.78 is 1.06. The molecule has 0 radical (unpaired) electrons. The minimum atomic E-state index is -0.308. The van der Waals surface area contributed by atoms with E-state index in [1.807, 2.05) is 0 Å². The first-order chi connectivity index (χ1) is 6.22. The molecule has 1 saturated carbocycles. The molecule has 1 aliphatic rings. The Balaban J connectivity index is 2.33. The van der Waals surface area contributed by atoms with Gasteiger partial charge in [-0.25, -0.2) is 0 Å². The van der Waals surface area contributed by atoms with E-state index < -0.39 is 0 Å². The SMILES string of the molecule is NCc1cc(=O)n(C(=O)C2CC2)[nH]1. The summed E-state index contributed by atoms with van der Waals surface area (Å²) in [5, 5.41) is 2.68. The molecule has 70 valence electrons. The van der Waals surface area contributed by atoms with Crippen molar-refractivity contribution in [1.82, 2.24) is 9.78 Å². The fraction of sp³-hybridized carbons (Fsp3) is 0.500. The average molecular weight is 181 g/mol. The van der Waals surface area contributed by atoms with Crippen LogP contribution in [0.3, 0.4) is 0 Å². The lowest BCUT2D eigenvalue weighted by molar-refractivity contribution is 0.0865. The number of carbonyl (C=O) groups is 1. The standard InChI is InChI=1S/C8H11N3O2/c9-4-6-3-7(12)11(10-6)8(13)5-1-2-5/h3,5,10H,1-2,4,9H2. The molecule has 13 heavy (non-hydrogen) atoms. The van der Waals surface area contributed by atoms with Gasteiger partial charge in [0.05, 0.1) is 5.69 Å². The van der Waals surface area contributed by atoms with Crippen LogP contribution in [-0.2, 0) is 6.54 Å². The molecule has 0 spiro atoms. The number of nitrogens with zero attached hydrogens (tertiary/aromatic N) is 1. The third-order valence-electron chi connectivity index (χ3n) is 2.14. The Hall–Kier alpha value is -1.36. The van der Waals surface area contributed by atoms with Gasteiger partial charge in [-0.3, -0.25) is 14.7 Å². The molecule has 0 aromatic carbocycles. The van der Waals surface area contributed by atoms with E-state index in [0.717, 1.165) is 17.5 Å². The molecule has 1 heterocycles. The highest BCUT2D eigenvalue weighted by atomic mass is 16.2. The van der Waals surface area contributed by atoms with Crippen LogP contribution in [0, 0.1) is 5.92 Å². The number of nitrogens with two attached hydrogens (primary N) is 1. The average Bonchev–Trinajstić information content (AvgIpc) is 2.89. The zero-order chi connectivity index (χ0) is 9.42. The third-order valence-corrected chi connectivity index (χ3v) is 2.14. The number of hydrogen-bond donors (Lipinski definition) is 2. The maximum atomic E-state index is 11.4. The second-order valence-electron chi connectivity index (χ2n) is 3.27. The summed E-state index contributed by atoms with van der Waals surface area (Å²) in [5.41, 5.74) is 5.62. The largest absolute Gasteiger partial charge is 0.325 e. The maximum absolute atomic E-state index is 11.4. The quantitative estimate of drug-likeness (QED) is 0.656. The third kappa shape index (κ3) is 1.42. The Morgan fingerprint density at radius 3 is 2.85 bits per heavy atom. The smallest absolute Gasteiger partial charge is 0.273 e. The molecule has 0 bridgehead atoms. The predicted octanol–water partition coefficient (Wildman–Crippen LogP) is -0.315. The van der Waals surface area contributed by atoms with Gasteiger partial charge in [0.25, 0.3) is 11.5 Å². The van der Waals surface area contributed by atoms with Crippen molar-refractivity contribution in [2.75, 3.05) is 0 Å². The van der Waals surface area contributed by atoms with Crippen molar-refractivity contribution in [1.29, 1.82) is 0 Å². The molecule has 3 N–H and O–H groups in total. The molecule has 0 aliphatic heterocycles. The molecule has 1 aromatic heterocycles. The summed E-state index contributed by atoms with van der Waals surface area (Å²) in [5.74, 6) is -0.0910. The predicted molar refractivity (Wildman–Crippen MR) is 46.3 cm³/mol. The van der Waals surface area contributed by atoms with Crippen LogP contribution in [0.1, 0.15) is 23.3 Å². The zero-order valence-electron chi connectivity index (χ0n) is 7.12. The van der Waals surface area contributed by atoms with Gasteiger partial charge in [-0.05, 0) is 12.8 Å². The van der Waals surface area contributed by atoms with Crippen molar-refractivity contribution in [2.24, 2.45) is 11.7 Å². The molecule has 0 unspecified atom stereocenters. The van der Waals surface area contributed by atoms with Gasteiger partial charge in [-0.2, -0.15) is 4.68 Å². The minimum Gasteiger partial charge on any atom is -0.325 e. The van der Waals surface area contributed by atoms with Crippen LogP contribution in [0.2, 0.25) is 0 Å². The second-order valence-corrected chi connectivity index (χ2v) is 3.27. The molecule has 0 saturated heterocycles. The van der Waals surface area contributed by atoms with Crippen LogP contribution >= 0.6 is 0 Å². The van der Waals surface area contributed by atoms with Crippen molar-refractivity contribution >= 4 is 5.91 Å². The normalized spacial score (nSPS) is 16.1. The van der Waals surface area contributed by atoms with Crippen LogP contribution in [0.25, 0.3) is 0 Å². The number of H-pyrrole nitrogens is 1. The van der Waals surface area contributed by atoms with Crippen molar-refractivity contribution in [2.45, 2.75) is 19.4 Å². The lowest BCUT2D eigenvalue weighted by Gasteiger charge is -1.96. The molecule has 1 fully saturated rings. The fourth-order valence-electron chi connectivity index (χ4n) is 1.23. The first kappa shape index (κ1) is 8.25. The molecule has 0 amide bonds. The molecule has 1 aliphatic carbocycles. The van der Waals surface area contributed by atoms with Crippen molar-refractivity contribution in [3.63, 3.8) is 0 Å². The van der Waals surface area contributed by atoms with E-state index in [4.69, 9.17) is 5.73 Å². The van der Waals surface area contributed by atoms with E-state index in [1.54, 1.807) is 0 Å². The van der Waals surface area contributed by atoms with Gasteiger partial charge in [0.15, 0.2) is 0 Å². The van der Waals surface area contributed by atoms with Crippen LogP contribution < -0.4 is 11.3 Å². The van der Waals surface area contributed by atoms with Crippen LogP contribution in [0.15, 0.2) is 10.9 Å². The van der Waals surface area contributed by atoms with Gasteiger partial charge in [0.1, 0.15) is 0 Å². The van der Waals surface area contributed by atoms with Crippen LogP contribution in [0.4, 0.5) is 0 Å². The first-order valence-electron chi connectivity index (χ1n) is 4.27. The van der Waals surface area contributed by atoms with Gasteiger partial charge in [-0.1, -0.05) is 0 Å². The van der Waals surface area contributed by atoms with Gasteiger partial charge < -0.3 is 5.73 Å². The number of carbonyl (C=O) groups excluding carboxylic acids is 1. The first-order valence-corrected chi connectivity index (χ1v) is 4.27. The topological polar surface area (TPSA) is 80.9 Å². The Labute approximate surface area is 74.5 Å². The van der Waals surface area contributed by atoms with Crippen LogP contribution in [0.5, 0.6) is 0 Å². The summed E-state index contributed by atoms with van der Waals surface area (Å²) in [7, 11) is 0. The summed E-state index contributed by atoms with van der Waals surface area (Å²) in [6.07, 6.45) is 1.78. The van der Waals surface area contributed by atoms with Gasteiger partial charge >= 0.3 is 0 Å². The van der Waals surface area contributed by atoms with E-state index >= 15 is 0 Å². The fourth-order valence-corrected chi connectivity index (χ4v) is 1.23. The van der Waals surface area contributed by atoms with E-state index in [1.165, 1.54) is 6.07 Å². The Kier molecular flexibility index (Phi) is 1.81. The lowest BCUT2D eigenvalue weighted by atomic mass is 10.4. The maximum Gasteiger partial charge on any atom is 0.273 e. The highest BCUT2D eigenvalue weighted by Crippen LogP contribution is 2.29. The van der Waals surface area contributed by atoms with E-state index in [9.17, 15) is 9.59 Å². The van der Waals surface area contributed by atoms with Gasteiger partial charge in [0, 0.05) is 18.5 Å². The molecular weight excluding hydrogens is 170 g/mol. The van der Waals surface area contributed by atoms with Crippen molar-refractivity contribution < 1.29 is 4.79 Å². The molecule has 5 nitrogen and oxygen atoms in total. The summed E-state index contributed by atoms with van der Waals surface area (Å²) >= 11 is 0. The molecular formula is C8H11N3O2. The van der Waals surface area contributed by atoms with Gasteiger partial charge in [-0.15, -0.1) is 0 Å². The van der Waals surface area contributed by atoms with E-state index in [2.05, 4.69) is 5.10 Å². The van der Waals surface area contributed by atoms with Crippen LogP contribution in [-0.4, -0.2) is 15.7 Å². The zero-order valence-corrected chi connectivity index (χ0v) is 7.12. The molecule has 5 heteroatoms. The Bertz CT molecular complexity index is 386. The van der Waals surface area contributed by atoms with Gasteiger partial charge in [0.2, 0.25) is 0 Å². The number of aromatic amines is 1. The number of rotatable bonds is 2.